The maximum atomic E-state index is 12.9. The minimum absolute atomic E-state index is 0.175. The Labute approximate surface area is 165 Å². The molecular formula is C20H23ClN2O3S. The minimum atomic E-state index is -3.80. The molecule has 0 amide bonds. The second kappa shape index (κ2) is 8.31. The molecule has 0 atom stereocenters. The molecule has 1 N–H and O–H groups in total. The molecule has 144 valence electrons. The fourth-order valence-electron chi connectivity index (χ4n) is 3.18. The van der Waals surface area contributed by atoms with Crippen molar-refractivity contribution in [1.29, 1.82) is 0 Å². The maximum Gasteiger partial charge on any atom is 0.277 e. The molecule has 0 saturated heterocycles. The molecule has 3 rings (SSSR count). The molecule has 0 bridgehead atoms. The summed E-state index contributed by atoms with van der Waals surface area (Å²) in [6, 6.07) is 10.4. The predicted octanol–water partition coefficient (Wildman–Crippen LogP) is 4.92. The summed E-state index contributed by atoms with van der Waals surface area (Å²) in [4.78, 5) is 2.59. The van der Waals surface area contributed by atoms with Crippen LogP contribution in [0.1, 0.15) is 37.7 Å². The number of sulfonamides is 1. The van der Waals surface area contributed by atoms with E-state index in [0.29, 0.717) is 21.9 Å². The average molecular weight is 407 g/mol. The van der Waals surface area contributed by atoms with Gasteiger partial charge in [-0.3, -0.25) is 0 Å². The van der Waals surface area contributed by atoms with E-state index in [9.17, 15) is 8.42 Å². The molecule has 0 heterocycles. The Morgan fingerprint density at radius 3 is 2.48 bits per heavy atom. The van der Waals surface area contributed by atoms with Crippen LogP contribution in [-0.4, -0.2) is 21.2 Å². The normalized spacial score (nSPS) is 14.7. The van der Waals surface area contributed by atoms with E-state index >= 15 is 0 Å². The van der Waals surface area contributed by atoms with Crippen LogP contribution < -0.4 is 9.57 Å². The van der Waals surface area contributed by atoms with Gasteiger partial charge in [-0.1, -0.05) is 41.8 Å². The number of aryl methyl sites for hydroxylation is 1. The van der Waals surface area contributed by atoms with Gasteiger partial charge in [0.2, 0.25) is 0 Å². The fraction of sp³-hybridized carbons (Fsp3) is 0.350. The van der Waals surface area contributed by atoms with Crippen molar-refractivity contribution in [2.24, 2.45) is 5.10 Å². The van der Waals surface area contributed by atoms with Gasteiger partial charge in [0, 0.05) is 11.3 Å². The monoisotopic (exact) mass is 406 g/mol. The smallest absolute Gasteiger partial charge is 0.277 e. The number of nitrogens with one attached hydrogen (secondary N) is 1. The van der Waals surface area contributed by atoms with Crippen molar-refractivity contribution >= 4 is 27.3 Å². The number of hydrogen-bond acceptors (Lipinski definition) is 4. The summed E-state index contributed by atoms with van der Waals surface area (Å²) in [6.45, 7) is 1.92. The first-order chi connectivity index (χ1) is 12.9. The van der Waals surface area contributed by atoms with Crippen LogP contribution in [0.2, 0.25) is 5.02 Å². The van der Waals surface area contributed by atoms with Gasteiger partial charge in [0.25, 0.3) is 10.0 Å². The first-order valence-electron chi connectivity index (χ1n) is 8.92. The zero-order valence-corrected chi connectivity index (χ0v) is 17.0. The highest BCUT2D eigenvalue weighted by molar-refractivity contribution is 7.89. The van der Waals surface area contributed by atoms with Crippen molar-refractivity contribution in [3.63, 3.8) is 0 Å². The van der Waals surface area contributed by atoms with Crippen molar-refractivity contribution in [3.8, 4) is 16.9 Å². The molecule has 27 heavy (non-hydrogen) atoms. The molecule has 1 aliphatic carbocycles. The lowest BCUT2D eigenvalue weighted by molar-refractivity contribution is 0.415. The highest BCUT2D eigenvalue weighted by Gasteiger charge is 2.20. The summed E-state index contributed by atoms with van der Waals surface area (Å²) < 4.78 is 31.0. The van der Waals surface area contributed by atoms with Crippen LogP contribution in [-0.2, 0) is 10.0 Å². The Hall–Kier alpha value is -2.05. The molecule has 1 fully saturated rings. The van der Waals surface area contributed by atoms with Crippen LogP contribution in [0.4, 0.5) is 0 Å². The zero-order valence-electron chi connectivity index (χ0n) is 15.5. The highest BCUT2D eigenvalue weighted by Crippen LogP contribution is 2.34. The Kier molecular flexibility index (Phi) is 6.07. The quantitative estimate of drug-likeness (QED) is 0.716. The molecule has 2 aromatic rings. The Bertz CT molecular complexity index is 963. The highest BCUT2D eigenvalue weighted by atomic mass is 35.5. The SMILES string of the molecule is COc1ccc(-c2cc(C)ccc2S(=O)(=O)NN=C2CCCCC2)cc1Cl. The molecule has 0 radical (unpaired) electrons. The number of ether oxygens (including phenoxy) is 1. The topological polar surface area (TPSA) is 67.8 Å². The molecule has 0 aliphatic heterocycles. The lowest BCUT2D eigenvalue weighted by atomic mass is 9.99. The van der Waals surface area contributed by atoms with E-state index in [1.165, 1.54) is 13.5 Å². The van der Waals surface area contributed by atoms with Crippen LogP contribution in [0.15, 0.2) is 46.4 Å². The third-order valence-corrected chi connectivity index (χ3v) is 6.20. The van der Waals surface area contributed by atoms with Gasteiger partial charge in [-0.25, -0.2) is 4.83 Å². The summed E-state index contributed by atoms with van der Waals surface area (Å²) in [5.41, 5.74) is 3.14. The van der Waals surface area contributed by atoms with Crippen molar-refractivity contribution in [3.05, 3.63) is 47.0 Å². The second-order valence-corrected chi connectivity index (χ2v) is 8.72. The fourth-order valence-corrected chi connectivity index (χ4v) is 4.50. The molecule has 2 aromatic carbocycles. The predicted molar refractivity (Wildman–Crippen MR) is 109 cm³/mol. The number of hydrazone groups is 1. The third-order valence-electron chi connectivity index (χ3n) is 4.64. The van der Waals surface area contributed by atoms with E-state index < -0.39 is 10.0 Å². The first-order valence-corrected chi connectivity index (χ1v) is 10.8. The van der Waals surface area contributed by atoms with E-state index in [2.05, 4.69) is 9.93 Å². The number of rotatable bonds is 5. The Morgan fingerprint density at radius 2 is 1.81 bits per heavy atom. The van der Waals surface area contributed by atoms with Gasteiger partial charge in [-0.15, -0.1) is 0 Å². The Balaban J connectivity index is 1.99. The molecule has 0 aromatic heterocycles. The van der Waals surface area contributed by atoms with Crippen LogP contribution >= 0.6 is 11.6 Å². The van der Waals surface area contributed by atoms with Gasteiger partial charge in [-0.2, -0.15) is 13.5 Å². The summed E-state index contributed by atoms with van der Waals surface area (Å²) in [5.74, 6) is 0.541. The van der Waals surface area contributed by atoms with E-state index in [-0.39, 0.29) is 4.90 Å². The third kappa shape index (κ3) is 4.62. The number of hydrogen-bond donors (Lipinski definition) is 1. The second-order valence-electron chi connectivity index (χ2n) is 6.68. The maximum absolute atomic E-state index is 12.9. The molecule has 5 nitrogen and oxygen atoms in total. The first kappa shape index (κ1) is 19.7. The number of benzene rings is 2. The van der Waals surface area contributed by atoms with Gasteiger partial charge < -0.3 is 4.74 Å². The Morgan fingerprint density at radius 1 is 1.07 bits per heavy atom. The molecule has 1 saturated carbocycles. The van der Waals surface area contributed by atoms with E-state index in [0.717, 1.165) is 37.0 Å². The van der Waals surface area contributed by atoms with Gasteiger partial charge in [-0.05, 0) is 56.4 Å². The van der Waals surface area contributed by atoms with Crippen molar-refractivity contribution in [2.45, 2.75) is 43.9 Å². The van der Waals surface area contributed by atoms with E-state index in [1.54, 1.807) is 30.3 Å². The largest absolute Gasteiger partial charge is 0.495 e. The molecule has 1 aliphatic rings. The van der Waals surface area contributed by atoms with Crippen LogP contribution in [0.25, 0.3) is 11.1 Å². The van der Waals surface area contributed by atoms with Crippen LogP contribution in [0.5, 0.6) is 5.75 Å². The lowest BCUT2D eigenvalue weighted by Crippen LogP contribution is -2.22. The lowest BCUT2D eigenvalue weighted by Gasteiger charge is -2.15. The minimum Gasteiger partial charge on any atom is -0.495 e. The summed E-state index contributed by atoms with van der Waals surface area (Å²) >= 11 is 6.24. The van der Waals surface area contributed by atoms with Gasteiger partial charge in [0.05, 0.1) is 17.0 Å². The van der Waals surface area contributed by atoms with Crippen molar-refractivity contribution < 1.29 is 13.2 Å². The molecular weight excluding hydrogens is 384 g/mol. The average Bonchev–Trinajstić information content (AvgIpc) is 2.67. The van der Waals surface area contributed by atoms with Crippen molar-refractivity contribution in [2.75, 3.05) is 7.11 Å². The summed E-state index contributed by atoms with van der Waals surface area (Å²) in [6.07, 6.45) is 4.97. The van der Waals surface area contributed by atoms with Gasteiger partial charge >= 0.3 is 0 Å². The van der Waals surface area contributed by atoms with Crippen molar-refractivity contribution in [1.82, 2.24) is 4.83 Å². The summed E-state index contributed by atoms with van der Waals surface area (Å²) in [5, 5.41) is 4.59. The van der Waals surface area contributed by atoms with Gasteiger partial charge in [0.1, 0.15) is 5.75 Å². The standard InChI is InChI=1S/C20H23ClN2O3S/c1-14-8-11-20(27(24,25)23-22-16-6-4-3-5-7-16)17(12-14)15-9-10-19(26-2)18(21)13-15/h8-13,23H,3-7H2,1-2H3. The van der Waals surface area contributed by atoms with Gasteiger partial charge in [0.15, 0.2) is 0 Å². The molecule has 0 spiro atoms. The number of nitrogens with zero attached hydrogens (tertiary/aromatic N) is 1. The molecule has 7 heteroatoms. The van der Waals surface area contributed by atoms with E-state index in [1.807, 2.05) is 13.0 Å². The van der Waals surface area contributed by atoms with Crippen LogP contribution in [0, 0.1) is 6.92 Å². The summed E-state index contributed by atoms with van der Waals surface area (Å²) in [7, 11) is -2.26. The number of methoxy groups -OCH3 is 1. The van der Waals surface area contributed by atoms with E-state index in [4.69, 9.17) is 16.3 Å². The molecule has 0 unspecified atom stereocenters. The zero-order chi connectivity index (χ0) is 19.4. The van der Waals surface area contributed by atoms with Crippen LogP contribution in [0.3, 0.4) is 0 Å². The number of halogens is 1.